The molecule has 0 aromatic carbocycles. The van der Waals surface area contributed by atoms with Gasteiger partial charge >= 0.3 is 0 Å². The smallest absolute Gasteiger partial charge is 0.0292 e. The average Bonchev–Trinajstić information content (AvgIpc) is 2.30. The fourth-order valence-electron chi connectivity index (χ4n) is 1.73. The Labute approximate surface area is 103 Å². The van der Waals surface area contributed by atoms with Gasteiger partial charge in [-0.3, -0.25) is 0 Å². The van der Waals surface area contributed by atoms with Crippen LogP contribution in [0, 0.1) is 12.3 Å². The molecule has 1 nitrogen and oxygen atoms in total. The van der Waals surface area contributed by atoms with Crippen molar-refractivity contribution in [3.63, 3.8) is 0 Å². The lowest BCUT2D eigenvalue weighted by atomic mass is 10.1. The summed E-state index contributed by atoms with van der Waals surface area (Å²) in [7, 11) is 0. The van der Waals surface area contributed by atoms with Crippen LogP contribution in [0.15, 0.2) is 0 Å². The highest BCUT2D eigenvalue weighted by atomic mass is 32.2. The summed E-state index contributed by atoms with van der Waals surface area (Å²) in [5.41, 5.74) is 0. The Hall–Kier alpha value is 0.220. The van der Waals surface area contributed by atoms with Gasteiger partial charge in [-0.1, -0.05) is 6.92 Å². The van der Waals surface area contributed by atoms with Crippen LogP contribution < -0.4 is 5.32 Å². The quantitative estimate of drug-likeness (QED) is 0.720. The van der Waals surface area contributed by atoms with E-state index >= 15 is 0 Å². The van der Waals surface area contributed by atoms with E-state index in [9.17, 15) is 0 Å². The first-order chi connectivity index (χ1) is 7.38. The average molecular weight is 243 g/mol. The Balaban J connectivity index is 2.34. The second-order valence-corrected chi connectivity index (χ2v) is 6.28. The van der Waals surface area contributed by atoms with Crippen LogP contribution in [0.2, 0.25) is 0 Å². The zero-order valence-electron chi connectivity index (χ0n) is 9.50. The third-order valence-corrected chi connectivity index (χ3v) is 5.47. The summed E-state index contributed by atoms with van der Waals surface area (Å²) < 4.78 is 0. The van der Waals surface area contributed by atoms with E-state index in [2.05, 4.69) is 41.7 Å². The molecule has 3 heteroatoms. The summed E-state index contributed by atoms with van der Waals surface area (Å²) in [5.74, 6) is 6.66. The first-order valence-corrected chi connectivity index (χ1v) is 7.95. The van der Waals surface area contributed by atoms with E-state index in [4.69, 9.17) is 6.42 Å². The predicted molar refractivity (Wildman–Crippen MR) is 73.7 cm³/mol. The highest BCUT2D eigenvalue weighted by Gasteiger charge is 2.23. The molecule has 0 amide bonds. The van der Waals surface area contributed by atoms with Gasteiger partial charge in [0, 0.05) is 35.0 Å². The molecule has 2 unspecified atom stereocenters. The second-order valence-electron chi connectivity index (χ2n) is 3.79. The van der Waals surface area contributed by atoms with E-state index in [1.54, 1.807) is 0 Å². The van der Waals surface area contributed by atoms with Gasteiger partial charge in [0.15, 0.2) is 0 Å². The van der Waals surface area contributed by atoms with Gasteiger partial charge in [0.05, 0.1) is 0 Å². The maximum Gasteiger partial charge on any atom is 0.0292 e. The maximum atomic E-state index is 5.35. The van der Waals surface area contributed by atoms with Crippen molar-refractivity contribution in [2.24, 2.45) is 0 Å². The Kier molecular flexibility index (Phi) is 7.42. The molecule has 0 bridgehead atoms. The molecule has 0 radical (unpaired) electrons. The van der Waals surface area contributed by atoms with Crippen molar-refractivity contribution in [3.05, 3.63) is 0 Å². The lowest BCUT2D eigenvalue weighted by molar-refractivity contribution is 0.484. The molecule has 1 fully saturated rings. The molecule has 2 atom stereocenters. The van der Waals surface area contributed by atoms with Gasteiger partial charge in [0.1, 0.15) is 0 Å². The largest absolute Gasteiger partial charge is 0.313 e. The van der Waals surface area contributed by atoms with Crippen molar-refractivity contribution < 1.29 is 0 Å². The van der Waals surface area contributed by atoms with Gasteiger partial charge < -0.3 is 5.32 Å². The van der Waals surface area contributed by atoms with Crippen LogP contribution in [0.25, 0.3) is 0 Å². The third kappa shape index (κ3) is 5.19. The molecule has 86 valence electrons. The number of hydrogen-bond acceptors (Lipinski definition) is 3. The number of rotatable bonds is 6. The van der Waals surface area contributed by atoms with E-state index in [0.29, 0.717) is 6.04 Å². The predicted octanol–water partition coefficient (Wildman–Crippen LogP) is 2.62. The molecule has 0 aliphatic carbocycles. The van der Waals surface area contributed by atoms with Crippen LogP contribution in [0.3, 0.4) is 0 Å². The summed E-state index contributed by atoms with van der Waals surface area (Å²) >= 11 is 4.21. The highest BCUT2D eigenvalue weighted by molar-refractivity contribution is 8.06. The minimum Gasteiger partial charge on any atom is -0.313 e. The molecule has 0 saturated carbocycles. The minimum atomic E-state index is 0.624. The first-order valence-electron chi connectivity index (χ1n) is 5.74. The van der Waals surface area contributed by atoms with Crippen molar-refractivity contribution in [2.45, 2.75) is 37.5 Å². The van der Waals surface area contributed by atoms with E-state index in [1.807, 2.05) is 0 Å². The van der Waals surface area contributed by atoms with Crippen LogP contribution in [-0.2, 0) is 0 Å². The van der Waals surface area contributed by atoms with Crippen LogP contribution in [0.5, 0.6) is 0 Å². The molecule has 1 aliphatic heterocycles. The first kappa shape index (κ1) is 13.3. The highest BCUT2D eigenvalue weighted by Crippen LogP contribution is 2.27. The normalized spacial score (nSPS) is 23.3. The van der Waals surface area contributed by atoms with Crippen molar-refractivity contribution in [1.29, 1.82) is 0 Å². The fraction of sp³-hybridized carbons (Fsp3) is 0.833. The molecule has 1 saturated heterocycles. The van der Waals surface area contributed by atoms with E-state index in [0.717, 1.165) is 24.6 Å². The van der Waals surface area contributed by atoms with E-state index in [-0.39, 0.29) is 0 Å². The number of hydrogen-bond donors (Lipinski definition) is 1. The van der Waals surface area contributed by atoms with Crippen molar-refractivity contribution in [1.82, 2.24) is 5.32 Å². The summed E-state index contributed by atoms with van der Waals surface area (Å²) in [6.45, 7) is 3.34. The monoisotopic (exact) mass is 243 g/mol. The van der Waals surface area contributed by atoms with Crippen LogP contribution >= 0.6 is 23.5 Å². The zero-order valence-corrected chi connectivity index (χ0v) is 11.1. The van der Waals surface area contributed by atoms with Crippen molar-refractivity contribution in [2.75, 3.05) is 23.8 Å². The molecule has 1 rings (SSSR count). The lowest BCUT2D eigenvalue weighted by Crippen LogP contribution is -2.41. The summed E-state index contributed by atoms with van der Waals surface area (Å²) in [6.07, 6.45) is 8.59. The Bertz CT molecular complexity index is 194. The van der Waals surface area contributed by atoms with E-state index < -0.39 is 0 Å². The SMILES string of the molecule is C#CCCC(NCCC)C1CSCCS1. The summed E-state index contributed by atoms with van der Waals surface area (Å²) in [5, 5.41) is 4.41. The van der Waals surface area contributed by atoms with Crippen LogP contribution in [0.1, 0.15) is 26.2 Å². The fourth-order valence-corrected chi connectivity index (χ4v) is 4.65. The Morgan fingerprint density at radius 1 is 1.53 bits per heavy atom. The maximum absolute atomic E-state index is 5.35. The van der Waals surface area contributed by atoms with Crippen molar-refractivity contribution >= 4 is 23.5 Å². The summed E-state index contributed by atoms with van der Waals surface area (Å²) in [4.78, 5) is 0. The molecule has 1 N–H and O–H groups in total. The van der Waals surface area contributed by atoms with Crippen LogP contribution in [0.4, 0.5) is 0 Å². The molecule has 0 aromatic heterocycles. The molecule has 15 heavy (non-hydrogen) atoms. The van der Waals surface area contributed by atoms with E-state index in [1.165, 1.54) is 23.7 Å². The van der Waals surface area contributed by atoms with Gasteiger partial charge in [0.25, 0.3) is 0 Å². The Morgan fingerprint density at radius 3 is 3.00 bits per heavy atom. The van der Waals surface area contributed by atoms with Gasteiger partial charge in [0.2, 0.25) is 0 Å². The number of nitrogens with one attached hydrogen (secondary N) is 1. The second kappa shape index (κ2) is 8.38. The molecule has 0 aromatic rings. The lowest BCUT2D eigenvalue weighted by Gasteiger charge is -2.30. The molecular formula is C12H21NS2. The third-order valence-electron chi connectivity index (χ3n) is 2.55. The molecule has 1 aliphatic rings. The number of thioether (sulfide) groups is 2. The van der Waals surface area contributed by atoms with Gasteiger partial charge in [-0.05, 0) is 19.4 Å². The summed E-state index contributed by atoms with van der Waals surface area (Å²) in [6, 6.07) is 0.624. The minimum absolute atomic E-state index is 0.624. The van der Waals surface area contributed by atoms with Gasteiger partial charge in [-0.2, -0.15) is 23.5 Å². The number of terminal acetylenes is 1. The molecule has 1 heterocycles. The molecular weight excluding hydrogens is 222 g/mol. The standard InChI is InChI=1S/C12H21NS2/c1-3-5-6-11(13-7-4-2)12-10-14-8-9-15-12/h1,11-13H,4-10H2,2H3. The van der Waals surface area contributed by atoms with Gasteiger partial charge in [-0.15, -0.1) is 12.3 Å². The van der Waals surface area contributed by atoms with Gasteiger partial charge in [-0.25, -0.2) is 0 Å². The Morgan fingerprint density at radius 2 is 2.40 bits per heavy atom. The zero-order chi connectivity index (χ0) is 10.9. The van der Waals surface area contributed by atoms with Crippen molar-refractivity contribution in [3.8, 4) is 12.3 Å². The van der Waals surface area contributed by atoms with Crippen LogP contribution in [-0.4, -0.2) is 35.1 Å². The topological polar surface area (TPSA) is 12.0 Å². The molecule has 0 spiro atoms.